The third-order valence-corrected chi connectivity index (χ3v) is 4.14. The number of benzene rings is 1. The van der Waals surface area contributed by atoms with Gasteiger partial charge in [-0.3, -0.25) is 10.1 Å². The second kappa shape index (κ2) is 6.39. The minimum atomic E-state index is -0.689. The van der Waals surface area contributed by atoms with Crippen LogP contribution < -0.4 is 5.32 Å². The van der Waals surface area contributed by atoms with Gasteiger partial charge in [-0.2, -0.15) is 0 Å². The monoisotopic (exact) mass is 344 g/mol. The van der Waals surface area contributed by atoms with Gasteiger partial charge in [-0.05, 0) is 19.4 Å². The maximum Gasteiger partial charge on any atom is 0.337 e. The van der Waals surface area contributed by atoms with E-state index >= 15 is 0 Å². The summed E-state index contributed by atoms with van der Waals surface area (Å²) in [4.78, 5) is 35.0. The molecule has 130 valence electrons. The van der Waals surface area contributed by atoms with Crippen molar-refractivity contribution in [2.24, 2.45) is 0 Å². The van der Waals surface area contributed by atoms with E-state index in [-0.39, 0.29) is 18.9 Å². The SMILES string of the molecule is CCOC(=O)C1=C(C)NC2=C(C(=O)OC2)C1c1ccc([N+](=O)[O-])cc1. The highest BCUT2D eigenvalue weighted by molar-refractivity contribution is 6.01. The predicted molar refractivity (Wildman–Crippen MR) is 86.3 cm³/mol. The number of nitro benzene ring substituents is 1. The van der Waals surface area contributed by atoms with E-state index in [1.165, 1.54) is 24.3 Å². The number of non-ortho nitro benzene ring substituents is 1. The van der Waals surface area contributed by atoms with E-state index in [0.29, 0.717) is 28.1 Å². The molecule has 0 bridgehead atoms. The zero-order valence-electron chi connectivity index (χ0n) is 13.7. The van der Waals surface area contributed by atoms with Crippen LogP contribution in [0.2, 0.25) is 0 Å². The normalized spacial score (nSPS) is 19.3. The number of nitro groups is 1. The maximum absolute atomic E-state index is 12.5. The highest BCUT2D eigenvalue weighted by Gasteiger charge is 2.41. The first-order chi connectivity index (χ1) is 11.9. The van der Waals surface area contributed by atoms with E-state index in [1.807, 2.05) is 0 Å². The first-order valence-electron chi connectivity index (χ1n) is 7.73. The number of nitrogens with zero attached hydrogens (tertiary/aromatic N) is 1. The van der Waals surface area contributed by atoms with Gasteiger partial charge in [0.2, 0.25) is 0 Å². The van der Waals surface area contributed by atoms with Crippen LogP contribution in [0.25, 0.3) is 0 Å². The number of carbonyl (C=O) groups is 2. The number of ether oxygens (including phenoxy) is 2. The molecule has 25 heavy (non-hydrogen) atoms. The molecule has 0 saturated heterocycles. The van der Waals surface area contributed by atoms with Crippen LogP contribution in [0, 0.1) is 10.1 Å². The van der Waals surface area contributed by atoms with Gasteiger partial charge < -0.3 is 14.8 Å². The Labute approximate surface area is 143 Å². The summed E-state index contributed by atoms with van der Waals surface area (Å²) in [7, 11) is 0. The summed E-state index contributed by atoms with van der Waals surface area (Å²) in [6.45, 7) is 3.71. The maximum atomic E-state index is 12.5. The van der Waals surface area contributed by atoms with Crippen LogP contribution >= 0.6 is 0 Å². The summed E-state index contributed by atoms with van der Waals surface area (Å²) in [5, 5.41) is 13.9. The standard InChI is InChI=1S/C17H16N2O6/c1-3-24-16(20)13-9(2)18-12-8-25-17(21)15(12)14(13)10-4-6-11(7-5-10)19(22)23/h4-7,14,18H,3,8H2,1-2H3. The molecule has 2 heterocycles. The van der Waals surface area contributed by atoms with Crippen LogP contribution in [-0.4, -0.2) is 30.1 Å². The van der Waals surface area contributed by atoms with Gasteiger partial charge in [0.25, 0.3) is 5.69 Å². The van der Waals surface area contributed by atoms with Crippen LogP contribution in [0.3, 0.4) is 0 Å². The molecule has 2 aliphatic heterocycles. The smallest absolute Gasteiger partial charge is 0.337 e. The predicted octanol–water partition coefficient (Wildman–Crippen LogP) is 1.93. The molecular formula is C17H16N2O6. The molecule has 1 atom stereocenters. The van der Waals surface area contributed by atoms with Gasteiger partial charge in [0.15, 0.2) is 0 Å². The van der Waals surface area contributed by atoms with Crippen LogP contribution in [0.4, 0.5) is 5.69 Å². The highest BCUT2D eigenvalue weighted by Crippen LogP contribution is 2.41. The van der Waals surface area contributed by atoms with Crippen molar-refractivity contribution >= 4 is 17.6 Å². The molecule has 0 fully saturated rings. The number of hydrogen-bond donors (Lipinski definition) is 1. The molecule has 1 aromatic carbocycles. The Bertz CT molecular complexity index is 822. The molecule has 2 aliphatic rings. The fraction of sp³-hybridized carbons (Fsp3) is 0.294. The minimum absolute atomic E-state index is 0.0701. The van der Waals surface area contributed by atoms with Gasteiger partial charge in [-0.1, -0.05) is 12.1 Å². The Kier molecular flexibility index (Phi) is 4.26. The first-order valence-corrected chi connectivity index (χ1v) is 7.73. The molecule has 0 amide bonds. The Morgan fingerprint density at radius 1 is 1.40 bits per heavy atom. The molecule has 8 heteroatoms. The summed E-state index contributed by atoms with van der Waals surface area (Å²) in [6, 6.07) is 5.76. The third kappa shape index (κ3) is 2.86. The number of allylic oxidation sites excluding steroid dienone is 1. The third-order valence-electron chi connectivity index (χ3n) is 4.14. The Balaban J connectivity index is 2.11. The van der Waals surface area contributed by atoms with Crippen LogP contribution in [0.5, 0.6) is 0 Å². The fourth-order valence-electron chi connectivity index (χ4n) is 3.07. The molecule has 0 radical (unpaired) electrons. The van der Waals surface area contributed by atoms with Crippen molar-refractivity contribution in [3.63, 3.8) is 0 Å². The number of cyclic esters (lactones) is 1. The lowest BCUT2D eigenvalue weighted by atomic mass is 9.81. The lowest BCUT2D eigenvalue weighted by Gasteiger charge is -2.27. The number of hydrogen-bond acceptors (Lipinski definition) is 7. The van der Waals surface area contributed by atoms with Crippen molar-refractivity contribution in [2.75, 3.05) is 13.2 Å². The number of nitrogens with one attached hydrogen (secondary N) is 1. The van der Waals surface area contributed by atoms with Crippen molar-refractivity contribution < 1.29 is 24.0 Å². The van der Waals surface area contributed by atoms with E-state index < -0.39 is 22.8 Å². The Morgan fingerprint density at radius 2 is 2.08 bits per heavy atom. The number of esters is 2. The quantitative estimate of drug-likeness (QED) is 0.505. The zero-order chi connectivity index (χ0) is 18.1. The first kappa shape index (κ1) is 16.7. The molecule has 1 unspecified atom stereocenters. The molecule has 1 N–H and O–H groups in total. The molecule has 3 rings (SSSR count). The molecular weight excluding hydrogens is 328 g/mol. The molecule has 1 aromatic rings. The topological polar surface area (TPSA) is 108 Å². The van der Waals surface area contributed by atoms with Crippen molar-refractivity contribution in [3.8, 4) is 0 Å². The van der Waals surface area contributed by atoms with E-state index in [0.717, 1.165) is 0 Å². The van der Waals surface area contributed by atoms with Gasteiger partial charge in [0.05, 0.1) is 34.3 Å². The van der Waals surface area contributed by atoms with Crippen molar-refractivity contribution in [1.29, 1.82) is 0 Å². The number of dihydropyridines is 1. The van der Waals surface area contributed by atoms with Crippen molar-refractivity contribution in [1.82, 2.24) is 5.32 Å². The average molecular weight is 344 g/mol. The lowest BCUT2D eigenvalue weighted by Crippen LogP contribution is -2.30. The van der Waals surface area contributed by atoms with Gasteiger partial charge in [-0.25, -0.2) is 9.59 Å². The highest BCUT2D eigenvalue weighted by atomic mass is 16.6. The van der Waals surface area contributed by atoms with Crippen molar-refractivity contribution in [3.05, 3.63) is 62.5 Å². The van der Waals surface area contributed by atoms with E-state index in [4.69, 9.17) is 9.47 Å². The van der Waals surface area contributed by atoms with Crippen molar-refractivity contribution in [2.45, 2.75) is 19.8 Å². The number of rotatable bonds is 4. The second-order valence-corrected chi connectivity index (χ2v) is 5.63. The summed E-state index contributed by atoms with van der Waals surface area (Å²) in [5.74, 6) is -1.74. The second-order valence-electron chi connectivity index (χ2n) is 5.63. The largest absolute Gasteiger partial charge is 0.463 e. The summed E-state index contributed by atoms with van der Waals surface area (Å²) in [6.07, 6.45) is 0. The molecule has 0 saturated carbocycles. The molecule has 8 nitrogen and oxygen atoms in total. The number of carbonyl (C=O) groups excluding carboxylic acids is 2. The van der Waals surface area contributed by atoms with Gasteiger partial charge in [0.1, 0.15) is 6.61 Å². The fourth-order valence-corrected chi connectivity index (χ4v) is 3.07. The van der Waals surface area contributed by atoms with E-state index in [1.54, 1.807) is 13.8 Å². The van der Waals surface area contributed by atoms with E-state index in [2.05, 4.69) is 5.32 Å². The zero-order valence-corrected chi connectivity index (χ0v) is 13.7. The molecule has 0 spiro atoms. The molecule has 0 aliphatic carbocycles. The lowest BCUT2D eigenvalue weighted by molar-refractivity contribution is -0.384. The summed E-state index contributed by atoms with van der Waals surface area (Å²) < 4.78 is 10.2. The van der Waals surface area contributed by atoms with Crippen LogP contribution in [0.1, 0.15) is 25.3 Å². The minimum Gasteiger partial charge on any atom is -0.463 e. The summed E-state index contributed by atoms with van der Waals surface area (Å²) in [5.41, 5.74) is 2.31. The van der Waals surface area contributed by atoms with E-state index in [9.17, 15) is 19.7 Å². The van der Waals surface area contributed by atoms with Gasteiger partial charge in [-0.15, -0.1) is 0 Å². The van der Waals surface area contributed by atoms with Crippen LogP contribution in [-0.2, 0) is 19.1 Å². The van der Waals surface area contributed by atoms with Crippen LogP contribution in [0.15, 0.2) is 46.8 Å². The van der Waals surface area contributed by atoms with Gasteiger partial charge in [0, 0.05) is 17.8 Å². The molecule has 0 aromatic heterocycles. The summed E-state index contributed by atoms with van der Waals surface area (Å²) >= 11 is 0. The Morgan fingerprint density at radius 3 is 2.68 bits per heavy atom. The van der Waals surface area contributed by atoms with Gasteiger partial charge >= 0.3 is 11.9 Å². The average Bonchev–Trinajstić information content (AvgIpc) is 2.94. The Hall–Kier alpha value is -3.16.